The first kappa shape index (κ1) is 29.6. The van der Waals surface area contributed by atoms with Crippen molar-refractivity contribution in [3.63, 3.8) is 0 Å². The number of likely N-dealkylation sites (tertiary alicyclic amines) is 1. The zero-order chi connectivity index (χ0) is 29.8. The lowest BCUT2D eigenvalue weighted by Crippen LogP contribution is -2.35. The first-order chi connectivity index (χ1) is 20.2. The highest BCUT2D eigenvalue weighted by Gasteiger charge is 2.21. The number of aryl methyl sites for hydroxylation is 2. The summed E-state index contributed by atoms with van der Waals surface area (Å²) in [5.41, 5.74) is 9.40. The molecule has 1 aliphatic rings. The SMILES string of the molecule is Cc1nn(C)c(OCC[C@H](C)Nc2cc(Cl)ncc2-c2ncc(CN3CCC(O)CC3)cc2F)c1-c1nccc(N)n1. The van der Waals surface area contributed by atoms with Crippen LogP contribution in [0, 0.1) is 12.7 Å². The molecule has 0 unspecified atom stereocenters. The van der Waals surface area contributed by atoms with E-state index in [-0.39, 0.29) is 23.0 Å². The Morgan fingerprint density at radius 3 is 2.74 bits per heavy atom. The van der Waals surface area contributed by atoms with Gasteiger partial charge >= 0.3 is 0 Å². The average Bonchev–Trinajstić information content (AvgIpc) is 3.23. The fraction of sp³-hybridized carbons (Fsp3) is 0.414. The minimum Gasteiger partial charge on any atom is -0.477 e. The van der Waals surface area contributed by atoms with Crippen LogP contribution in [0.2, 0.25) is 5.15 Å². The molecule has 0 bridgehead atoms. The molecule has 1 atom stereocenters. The topological polar surface area (TPSA) is 140 Å². The number of nitrogens with two attached hydrogens (primary N) is 1. The number of nitrogens with zero attached hydrogens (tertiary/aromatic N) is 7. The van der Waals surface area contributed by atoms with Crippen LogP contribution in [0.1, 0.15) is 37.4 Å². The van der Waals surface area contributed by atoms with Crippen LogP contribution >= 0.6 is 11.6 Å². The molecule has 42 heavy (non-hydrogen) atoms. The van der Waals surface area contributed by atoms with Crippen LogP contribution in [0.25, 0.3) is 22.6 Å². The minimum atomic E-state index is -0.435. The van der Waals surface area contributed by atoms with Gasteiger partial charge in [-0.05, 0) is 50.5 Å². The molecule has 5 heterocycles. The van der Waals surface area contributed by atoms with Crippen molar-refractivity contribution in [3.8, 4) is 28.5 Å². The second kappa shape index (κ2) is 13.0. The number of ether oxygens (including phenoxy) is 1. The van der Waals surface area contributed by atoms with Crippen molar-refractivity contribution < 1.29 is 14.2 Å². The van der Waals surface area contributed by atoms with Gasteiger partial charge in [0.1, 0.15) is 28.0 Å². The first-order valence-electron chi connectivity index (χ1n) is 13.9. The molecule has 5 rings (SSSR count). The Hall–Kier alpha value is -3.87. The fourth-order valence-corrected chi connectivity index (χ4v) is 5.22. The quantitative estimate of drug-likeness (QED) is 0.228. The maximum absolute atomic E-state index is 15.3. The van der Waals surface area contributed by atoms with E-state index in [1.54, 1.807) is 36.3 Å². The number of halogens is 2. The van der Waals surface area contributed by atoms with Gasteiger partial charge in [0.25, 0.3) is 0 Å². The summed E-state index contributed by atoms with van der Waals surface area (Å²) in [5.74, 6) is 0.927. The molecule has 0 saturated carbocycles. The molecule has 4 aromatic heterocycles. The summed E-state index contributed by atoms with van der Waals surface area (Å²) in [4.78, 5) is 19.5. The van der Waals surface area contributed by atoms with Crippen molar-refractivity contribution in [2.75, 3.05) is 30.7 Å². The summed E-state index contributed by atoms with van der Waals surface area (Å²) in [6.45, 7) is 6.37. The number of anilines is 2. The summed E-state index contributed by atoms with van der Waals surface area (Å²) < 4.78 is 23.1. The van der Waals surface area contributed by atoms with E-state index in [4.69, 9.17) is 22.1 Å². The van der Waals surface area contributed by atoms with Crippen molar-refractivity contribution in [1.29, 1.82) is 0 Å². The smallest absolute Gasteiger partial charge is 0.223 e. The molecule has 1 saturated heterocycles. The van der Waals surface area contributed by atoms with E-state index in [0.29, 0.717) is 53.9 Å². The number of piperidine rings is 1. The number of aliphatic hydroxyl groups is 1. The van der Waals surface area contributed by atoms with Gasteiger partial charge in [-0.3, -0.25) is 9.88 Å². The number of nitrogens with one attached hydrogen (secondary N) is 1. The van der Waals surface area contributed by atoms with Crippen molar-refractivity contribution >= 4 is 23.1 Å². The maximum Gasteiger partial charge on any atom is 0.223 e. The van der Waals surface area contributed by atoms with Crippen LogP contribution in [-0.4, -0.2) is 71.6 Å². The standard InChI is InChI=1S/C29H35ClFN9O2/c1-17(7-11-42-29-26(18(2)38-39(29)3)28-33-8-4-25(32)37-28)36-23-13-24(30)34-15-21(23)27-22(31)12-19(14-35-27)16-40-9-5-20(41)6-10-40/h4,8,12-15,17,20,41H,5-7,9-11,16H2,1-3H3,(H,34,36)(H2,32,33,37)/t17-/m0/s1. The predicted molar refractivity (Wildman–Crippen MR) is 160 cm³/mol. The molecular formula is C29H35ClFN9O2. The molecule has 0 amide bonds. The predicted octanol–water partition coefficient (Wildman–Crippen LogP) is 4.24. The third-order valence-electron chi connectivity index (χ3n) is 7.25. The highest BCUT2D eigenvalue weighted by atomic mass is 35.5. The van der Waals surface area contributed by atoms with Crippen molar-refractivity contribution in [2.45, 2.75) is 51.8 Å². The molecule has 1 aliphatic heterocycles. The molecule has 0 aliphatic carbocycles. The lowest BCUT2D eigenvalue weighted by Gasteiger charge is -2.29. The molecule has 222 valence electrons. The van der Waals surface area contributed by atoms with E-state index in [9.17, 15) is 5.11 Å². The second-order valence-corrected chi connectivity index (χ2v) is 11.0. The van der Waals surface area contributed by atoms with Crippen molar-refractivity contribution in [2.24, 2.45) is 7.05 Å². The van der Waals surface area contributed by atoms with Gasteiger partial charge in [0.05, 0.1) is 18.4 Å². The van der Waals surface area contributed by atoms with E-state index in [1.807, 2.05) is 13.8 Å². The average molecular weight is 596 g/mol. The highest BCUT2D eigenvalue weighted by molar-refractivity contribution is 6.29. The van der Waals surface area contributed by atoms with E-state index in [0.717, 1.165) is 37.2 Å². The van der Waals surface area contributed by atoms with Gasteiger partial charge in [-0.15, -0.1) is 0 Å². The largest absolute Gasteiger partial charge is 0.477 e. The summed E-state index contributed by atoms with van der Waals surface area (Å²) in [5, 5.41) is 17.9. The Bertz CT molecular complexity index is 1540. The van der Waals surface area contributed by atoms with E-state index in [1.165, 1.54) is 12.3 Å². The number of pyridine rings is 2. The van der Waals surface area contributed by atoms with E-state index >= 15 is 4.39 Å². The Kier molecular flexibility index (Phi) is 9.15. The number of aromatic nitrogens is 6. The molecule has 11 nitrogen and oxygen atoms in total. The first-order valence-corrected chi connectivity index (χ1v) is 14.3. The van der Waals surface area contributed by atoms with Crippen molar-refractivity contribution in [1.82, 2.24) is 34.6 Å². The lowest BCUT2D eigenvalue weighted by molar-refractivity contribution is 0.0791. The lowest BCUT2D eigenvalue weighted by atomic mass is 10.1. The zero-order valence-electron chi connectivity index (χ0n) is 23.9. The van der Waals surface area contributed by atoms with Crippen LogP contribution in [0.15, 0.2) is 36.8 Å². The molecule has 4 aromatic rings. The van der Waals surface area contributed by atoms with Gasteiger partial charge in [0.2, 0.25) is 5.88 Å². The summed E-state index contributed by atoms with van der Waals surface area (Å²) in [7, 11) is 1.80. The normalized spacial score (nSPS) is 15.1. The maximum atomic E-state index is 15.3. The Balaban J connectivity index is 1.26. The third-order valence-corrected chi connectivity index (χ3v) is 7.46. The molecule has 13 heteroatoms. The van der Waals surface area contributed by atoms with Gasteiger partial charge in [-0.1, -0.05) is 11.6 Å². The fourth-order valence-electron chi connectivity index (χ4n) is 5.06. The Labute approximate surface area is 248 Å². The van der Waals surface area contributed by atoms with Crippen LogP contribution in [0.3, 0.4) is 0 Å². The number of aliphatic hydroxyl groups excluding tert-OH is 1. The molecule has 0 aromatic carbocycles. The Morgan fingerprint density at radius 2 is 2.00 bits per heavy atom. The van der Waals surface area contributed by atoms with Gasteiger partial charge in [0, 0.05) is 69.0 Å². The van der Waals surface area contributed by atoms with Crippen molar-refractivity contribution in [3.05, 3.63) is 59.0 Å². The number of hydrogen-bond donors (Lipinski definition) is 3. The summed E-state index contributed by atoms with van der Waals surface area (Å²) >= 11 is 6.22. The summed E-state index contributed by atoms with van der Waals surface area (Å²) in [6, 6.07) is 4.74. The molecular weight excluding hydrogens is 561 g/mol. The number of rotatable bonds is 10. The molecule has 0 radical (unpaired) electrons. The van der Waals surface area contributed by atoms with E-state index < -0.39 is 5.82 Å². The monoisotopic (exact) mass is 595 g/mol. The number of nitrogen functional groups attached to an aromatic ring is 1. The van der Waals surface area contributed by atoms with Gasteiger partial charge in [-0.2, -0.15) is 5.10 Å². The van der Waals surface area contributed by atoms with Gasteiger partial charge in [-0.25, -0.2) is 24.0 Å². The highest BCUT2D eigenvalue weighted by Crippen LogP contribution is 2.32. The third kappa shape index (κ3) is 6.94. The van der Waals surface area contributed by atoms with Gasteiger partial charge < -0.3 is 20.9 Å². The van der Waals surface area contributed by atoms with Crippen LogP contribution in [-0.2, 0) is 13.6 Å². The van der Waals surface area contributed by atoms with Crippen LogP contribution in [0.4, 0.5) is 15.9 Å². The second-order valence-electron chi connectivity index (χ2n) is 10.6. The van der Waals surface area contributed by atoms with E-state index in [2.05, 4.69) is 35.3 Å². The summed E-state index contributed by atoms with van der Waals surface area (Å²) in [6.07, 6.45) is 6.63. The van der Waals surface area contributed by atoms with Crippen LogP contribution in [0.5, 0.6) is 5.88 Å². The zero-order valence-corrected chi connectivity index (χ0v) is 24.6. The van der Waals surface area contributed by atoms with Gasteiger partial charge in [0.15, 0.2) is 5.82 Å². The minimum absolute atomic E-state index is 0.0691. The Morgan fingerprint density at radius 1 is 1.21 bits per heavy atom. The van der Waals surface area contributed by atoms with Crippen LogP contribution < -0.4 is 15.8 Å². The molecule has 4 N–H and O–H groups in total. The molecule has 1 fully saturated rings. The molecule has 0 spiro atoms. The number of hydrogen-bond acceptors (Lipinski definition) is 10.